The molecule has 0 fully saturated rings. The lowest BCUT2D eigenvalue weighted by Gasteiger charge is -2.27. The molecule has 0 amide bonds. The monoisotopic (exact) mass is 417 g/mol. The number of fused-ring (bicyclic) bond motifs is 3. The van der Waals surface area contributed by atoms with Gasteiger partial charge in [0.25, 0.3) is 5.56 Å². The van der Waals surface area contributed by atoms with E-state index in [0.717, 1.165) is 32.6 Å². The first-order valence-corrected chi connectivity index (χ1v) is 10.2. The van der Waals surface area contributed by atoms with E-state index >= 15 is 0 Å². The Morgan fingerprint density at radius 3 is 2.32 bits per heavy atom. The summed E-state index contributed by atoms with van der Waals surface area (Å²) in [6.07, 6.45) is -0.464. The van der Waals surface area contributed by atoms with Crippen molar-refractivity contribution >= 4 is 10.9 Å². The molecule has 0 saturated heterocycles. The Morgan fingerprint density at radius 1 is 0.968 bits per heavy atom. The van der Waals surface area contributed by atoms with Crippen molar-refractivity contribution in [3.8, 4) is 17.0 Å². The Hall–Kier alpha value is -3.58. The molecule has 1 aliphatic rings. The number of hydrogen-bond acceptors (Lipinski definition) is 4. The molecule has 0 saturated carbocycles. The first kappa shape index (κ1) is 19.4. The van der Waals surface area contributed by atoms with Gasteiger partial charge in [0.2, 0.25) is 0 Å². The van der Waals surface area contributed by atoms with Gasteiger partial charge in [0.1, 0.15) is 11.9 Å². The van der Waals surface area contributed by atoms with Crippen molar-refractivity contribution in [2.75, 3.05) is 6.61 Å². The fourth-order valence-electron chi connectivity index (χ4n) is 4.49. The lowest BCUT2D eigenvalue weighted by Crippen LogP contribution is -2.37. The molecule has 1 atom stereocenters. The predicted octanol–water partition coefficient (Wildman–Crippen LogP) is 2.84. The molecule has 7 nitrogen and oxygen atoms in total. The normalized spacial score (nSPS) is 15.9. The van der Waals surface area contributed by atoms with Crippen LogP contribution >= 0.6 is 0 Å². The van der Waals surface area contributed by atoms with E-state index in [9.17, 15) is 14.7 Å². The Kier molecular flexibility index (Phi) is 4.37. The Morgan fingerprint density at radius 2 is 1.65 bits per heavy atom. The molecule has 2 aromatic carbocycles. The highest BCUT2D eigenvalue weighted by Gasteiger charge is 2.33. The number of ether oxygens (including phenoxy) is 1. The van der Waals surface area contributed by atoms with Crippen LogP contribution in [0.4, 0.5) is 0 Å². The van der Waals surface area contributed by atoms with Gasteiger partial charge in [-0.05, 0) is 30.2 Å². The van der Waals surface area contributed by atoms with E-state index in [1.807, 2.05) is 31.2 Å². The number of phenolic OH excluding ortho intramolecular Hbond substituents is 1. The number of aromatic nitrogens is 3. The van der Waals surface area contributed by atoms with Crippen molar-refractivity contribution in [1.82, 2.24) is 13.7 Å². The van der Waals surface area contributed by atoms with Gasteiger partial charge in [-0.15, -0.1) is 0 Å². The molecule has 7 heteroatoms. The standard InChI is InChI=1S/C24H23N3O4/c1-14-4-6-15(7-5-14)19-18-20(25(2)24(30)26(3)23(18)29)21-22(31-13-12-27(19)21)16-8-10-17(28)11-9-16/h4-11,22,28H,12-13H2,1-3H3/t22-/m1/s1. The van der Waals surface area contributed by atoms with Crippen molar-refractivity contribution in [1.29, 1.82) is 0 Å². The summed E-state index contributed by atoms with van der Waals surface area (Å²) in [5.41, 5.74) is 4.36. The molecule has 2 aromatic heterocycles. The third kappa shape index (κ3) is 2.84. The van der Waals surface area contributed by atoms with Gasteiger partial charge >= 0.3 is 5.69 Å². The van der Waals surface area contributed by atoms with Crippen LogP contribution < -0.4 is 11.2 Å². The third-order valence-electron chi connectivity index (χ3n) is 6.07. The molecule has 1 N–H and O–H groups in total. The third-order valence-corrected chi connectivity index (χ3v) is 6.07. The van der Waals surface area contributed by atoms with Gasteiger partial charge in [0.15, 0.2) is 0 Å². The smallest absolute Gasteiger partial charge is 0.331 e. The lowest BCUT2D eigenvalue weighted by molar-refractivity contribution is 0.0478. The topological polar surface area (TPSA) is 78.4 Å². The van der Waals surface area contributed by atoms with Crippen LogP contribution in [-0.2, 0) is 25.4 Å². The summed E-state index contributed by atoms with van der Waals surface area (Å²) < 4.78 is 10.9. The lowest BCUT2D eigenvalue weighted by atomic mass is 10.0. The molecule has 5 rings (SSSR count). The average molecular weight is 417 g/mol. The number of hydrogen-bond donors (Lipinski definition) is 1. The maximum atomic E-state index is 13.3. The van der Waals surface area contributed by atoms with Crippen LogP contribution in [0.1, 0.15) is 22.9 Å². The van der Waals surface area contributed by atoms with Gasteiger partial charge in [-0.1, -0.05) is 42.0 Å². The summed E-state index contributed by atoms with van der Waals surface area (Å²) in [6.45, 7) is 3.05. The van der Waals surface area contributed by atoms with Crippen LogP contribution in [-0.4, -0.2) is 25.4 Å². The minimum Gasteiger partial charge on any atom is -0.508 e. The number of aromatic hydroxyl groups is 1. The van der Waals surface area contributed by atoms with Crippen LogP contribution in [0.3, 0.4) is 0 Å². The molecule has 31 heavy (non-hydrogen) atoms. The summed E-state index contributed by atoms with van der Waals surface area (Å²) >= 11 is 0. The van der Waals surface area contributed by atoms with E-state index in [1.165, 1.54) is 11.6 Å². The minimum atomic E-state index is -0.464. The van der Waals surface area contributed by atoms with Gasteiger partial charge in [0.05, 0.1) is 28.9 Å². The average Bonchev–Trinajstić information content (AvgIpc) is 3.13. The number of nitrogens with zero attached hydrogens (tertiary/aromatic N) is 3. The zero-order valence-corrected chi connectivity index (χ0v) is 17.6. The predicted molar refractivity (Wildman–Crippen MR) is 118 cm³/mol. The molecule has 0 unspecified atom stereocenters. The Balaban J connectivity index is 1.93. The second-order valence-corrected chi connectivity index (χ2v) is 8.02. The van der Waals surface area contributed by atoms with Gasteiger partial charge in [-0.25, -0.2) is 4.79 Å². The Labute approximate surface area is 178 Å². The van der Waals surface area contributed by atoms with Crippen LogP contribution in [0, 0.1) is 6.92 Å². The molecule has 0 radical (unpaired) electrons. The zero-order chi connectivity index (χ0) is 21.9. The fourth-order valence-corrected chi connectivity index (χ4v) is 4.49. The van der Waals surface area contributed by atoms with E-state index in [4.69, 9.17) is 4.74 Å². The van der Waals surface area contributed by atoms with Crippen LogP contribution in [0.2, 0.25) is 0 Å². The van der Waals surface area contributed by atoms with Gasteiger partial charge in [-0.2, -0.15) is 0 Å². The number of rotatable bonds is 2. The summed E-state index contributed by atoms with van der Waals surface area (Å²) in [4.78, 5) is 26.1. The molecule has 0 bridgehead atoms. The molecule has 0 aliphatic carbocycles. The van der Waals surface area contributed by atoms with Crippen molar-refractivity contribution in [2.24, 2.45) is 14.1 Å². The number of aryl methyl sites for hydroxylation is 2. The molecule has 1 aliphatic heterocycles. The first-order chi connectivity index (χ1) is 14.9. The van der Waals surface area contributed by atoms with Gasteiger partial charge < -0.3 is 14.4 Å². The van der Waals surface area contributed by atoms with Gasteiger partial charge in [0, 0.05) is 20.6 Å². The maximum absolute atomic E-state index is 13.3. The summed E-state index contributed by atoms with van der Waals surface area (Å²) in [5.74, 6) is 0.168. The molecular formula is C24H23N3O4. The van der Waals surface area contributed by atoms with E-state index in [0.29, 0.717) is 24.1 Å². The summed E-state index contributed by atoms with van der Waals surface area (Å²) in [7, 11) is 3.19. The van der Waals surface area contributed by atoms with Crippen molar-refractivity contribution < 1.29 is 9.84 Å². The molecule has 158 valence electrons. The van der Waals surface area contributed by atoms with E-state index in [2.05, 4.69) is 4.57 Å². The number of phenols is 1. The maximum Gasteiger partial charge on any atom is 0.331 e. The molecule has 4 aromatic rings. The van der Waals surface area contributed by atoms with Crippen LogP contribution in [0.25, 0.3) is 22.2 Å². The van der Waals surface area contributed by atoms with E-state index in [1.54, 1.807) is 31.3 Å². The molecule has 0 spiro atoms. The molecule has 3 heterocycles. The first-order valence-electron chi connectivity index (χ1n) is 10.2. The highest BCUT2D eigenvalue weighted by atomic mass is 16.5. The van der Waals surface area contributed by atoms with Crippen molar-refractivity contribution in [3.63, 3.8) is 0 Å². The van der Waals surface area contributed by atoms with Crippen LogP contribution in [0.15, 0.2) is 58.1 Å². The van der Waals surface area contributed by atoms with Crippen molar-refractivity contribution in [2.45, 2.75) is 19.6 Å². The van der Waals surface area contributed by atoms with Gasteiger partial charge in [-0.3, -0.25) is 13.9 Å². The Bertz CT molecular complexity index is 1420. The number of benzene rings is 2. The quantitative estimate of drug-likeness (QED) is 0.544. The van der Waals surface area contributed by atoms with Crippen LogP contribution in [0.5, 0.6) is 5.75 Å². The fraction of sp³-hybridized carbons (Fsp3) is 0.250. The SMILES string of the molecule is Cc1ccc(-c2c3c(=O)n(C)c(=O)n(C)c3c3n2CCO[C@@H]3c2ccc(O)cc2)cc1. The van der Waals surface area contributed by atoms with E-state index < -0.39 is 6.10 Å². The second-order valence-electron chi connectivity index (χ2n) is 8.02. The minimum absolute atomic E-state index is 0.168. The highest BCUT2D eigenvalue weighted by molar-refractivity contribution is 5.96. The van der Waals surface area contributed by atoms with E-state index in [-0.39, 0.29) is 17.0 Å². The van der Waals surface area contributed by atoms with Crippen molar-refractivity contribution in [3.05, 3.63) is 86.2 Å². The summed E-state index contributed by atoms with van der Waals surface area (Å²) in [5, 5.41) is 10.2. The largest absolute Gasteiger partial charge is 0.508 e. The highest BCUT2D eigenvalue weighted by Crippen LogP contribution is 2.40. The summed E-state index contributed by atoms with van der Waals surface area (Å²) in [6, 6.07) is 14.9. The molecular weight excluding hydrogens is 394 g/mol. The zero-order valence-electron chi connectivity index (χ0n) is 17.6. The second kappa shape index (κ2) is 6.99.